The Bertz CT molecular complexity index is 345. The molecule has 1 fully saturated rings. The van der Waals surface area contributed by atoms with Crippen molar-refractivity contribution in [3.63, 3.8) is 0 Å². The lowest BCUT2D eigenvalue weighted by Crippen LogP contribution is -2.36. The Morgan fingerprint density at radius 1 is 1.38 bits per heavy atom. The molecule has 1 saturated heterocycles. The number of pyridine rings is 1. The van der Waals surface area contributed by atoms with Gasteiger partial charge in [0.15, 0.2) is 0 Å². The van der Waals surface area contributed by atoms with Gasteiger partial charge in [-0.05, 0) is 37.3 Å². The standard InChI is InChI=1S/C12H16N2O2/c15-12(16)9-10-3-7-14(8-4-10)11-1-5-13-6-2-11/h1-2,5-6,10H,3-4,7-9H2,(H,15,16)/p-1. The first-order valence-corrected chi connectivity index (χ1v) is 5.60. The second kappa shape index (κ2) is 4.96. The monoisotopic (exact) mass is 219 g/mol. The highest BCUT2D eigenvalue weighted by Crippen LogP contribution is 2.24. The lowest BCUT2D eigenvalue weighted by atomic mass is 9.93. The molecule has 0 atom stereocenters. The Kier molecular flexibility index (Phi) is 3.39. The number of carbonyl (C=O) groups excluding carboxylic acids is 1. The lowest BCUT2D eigenvalue weighted by molar-refractivity contribution is -0.306. The zero-order valence-corrected chi connectivity index (χ0v) is 9.13. The summed E-state index contributed by atoms with van der Waals surface area (Å²) in [6.45, 7) is 1.84. The van der Waals surface area contributed by atoms with Crippen LogP contribution in [0.3, 0.4) is 0 Å². The Labute approximate surface area is 94.9 Å². The van der Waals surface area contributed by atoms with Crippen LogP contribution in [0.5, 0.6) is 0 Å². The molecule has 0 radical (unpaired) electrons. The highest BCUT2D eigenvalue weighted by Gasteiger charge is 2.19. The van der Waals surface area contributed by atoms with Crippen molar-refractivity contribution in [3.05, 3.63) is 24.5 Å². The summed E-state index contributed by atoms with van der Waals surface area (Å²) in [6, 6.07) is 3.97. The van der Waals surface area contributed by atoms with Gasteiger partial charge in [0.05, 0.1) is 0 Å². The summed E-state index contributed by atoms with van der Waals surface area (Å²) in [4.78, 5) is 16.7. The molecule has 1 aliphatic heterocycles. The van der Waals surface area contributed by atoms with Gasteiger partial charge in [-0.1, -0.05) is 0 Å². The van der Waals surface area contributed by atoms with Crippen LogP contribution in [0.1, 0.15) is 19.3 Å². The van der Waals surface area contributed by atoms with Crippen LogP contribution in [0.25, 0.3) is 0 Å². The van der Waals surface area contributed by atoms with Crippen LogP contribution in [0.4, 0.5) is 5.69 Å². The molecule has 0 aliphatic carbocycles. The number of anilines is 1. The largest absolute Gasteiger partial charge is 0.550 e. The van der Waals surface area contributed by atoms with Crippen molar-refractivity contribution in [1.29, 1.82) is 0 Å². The van der Waals surface area contributed by atoms with Crippen LogP contribution in [0.2, 0.25) is 0 Å². The average Bonchev–Trinajstić information content (AvgIpc) is 2.30. The van der Waals surface area contributed by atoms with Crippen molar-refractivity contribution in [2.45, 2.75) is 19.3 Å². The highest BCUT2D eigenvalue weighted by atomic mass is 16.4. The van der Waals surface area contributed by atoms with E-state index in [1.807, 2.05) is 12.1 Å². The van der Waals surface area contributed by atoms with Crippen LogP contribution < -0.4 is 10.0 Å². The third-order valence-electron chi connectivity index (χ3n) is 3.10. The van der Waals surface area contributed by atoms with Gasteiger partial charge in [0.25, 0.3) is 0 Å². The minimum absolute atomic E-state index is 0.199. The third kappa shape index (κ3) is 2.72. The normalized spacial score (nSPS) is 17.4. The summed E-state index contributed by atoms with van der Waals surface area (Å²) in [5.74, 6) is -0.648. The van der Waals surface area contributed by atoms with E-state index in [2.05, 4.69) is 9.88 Å². The van der Waals surface area contributed by atoms with E-state index in [9.17, 15) is 9.90 Å². The van der Waals surface area contributed by atoms with Crippen LogP contribution >= 0.6 is 0 Å². The van der Waals surface area contributed by atoms with Gasteiger partial charge in [0.1, 0.15) is 0 Å². The van der Waals surface area contributed by atoms with Crippen molar-refractivity contribution >= 4 is 11.7 Å². The van der Waals surface area contributed by atoms with E-state index in [4.69, 9.17) is 0 Å². The van der Waals surface area contributed by atoms with E-state index in [0.717, 1.165) is 25.9 Å². The molecule has 1 aliphatic rings. The zero-order valence-electron chi connectivity index (χ0n) is 9.13. The molecule has 4 heteroatoms. The van der Waals surface area contributed by atoms with Gasteiger partial charge in [-0.25, -0.2) is 0 Å². The minimum atomic E-state index is -0.928. The number of carbonyl (C=O) groups is 1. The molecule has 86 valence electrons. The van der Waals surface area contributed by atoms with Gasteiger partial charge in [-0.2, -0.15) is 0 Å². The maximum absolute atomic E-state index is 10.5. The summed E-state index contributed by atoms with van der Waals surface area (Å²) in [7, 11) is 0. The van der Waals surface area contributed by atoms with E-state index in [1.54, 1.807) is 12.4 Å². The van der Waals surface area contributed by atoms with Gasteiger partial charge >= 0.3 is 0 Å². The second-order valence-corrected chi connectivity index (χ2v) is 4.21. The summed E-state index contributed by atoms with van der Waals surface area (Å²) >= 11 is 0. The molecule has 0 aromatic carbocycles. The number of piperidine rings is 1. The minimum Gasteiger partial charge on any atom is -0.550 e. The van der Waals surface area contributed by atoms with Gasteiger partial charge in [-0.3, -0.25) is 4.98 Å². The SMILES string of the molecule is O=C([O-])CC1CCN(c2ccncc2)CC1. The zero-order chi connectivity index (χ0) is 11.4. The number of carboxylic acid groups (broad SMARTS) is 1. The number of nitrogens with zero attached hydrogens (tertiary/aromatic N) is 2. The predicted octanol–water partition coefficient (Wildman–Crippen LogP) is 0.438. The molecular formula is C12H15N2O2-. The van der Waals surface area contributed by atoms with E-state index >= 15 is 0 Å². The molecule has 4 nitrogen and oxygen atoms in total. The Balaban J connectivity index is 1.88. The van der Waals surface area contributed by atoms with Crippen LogP contribution in [-0.2, 0) is 4.79 Å². The number of rotatable bonds is 3. The first-order valence-electron chi connectivity index (χ1n) is 5.60. The molecule has 2 heterocycles. The number of aliphatic carboxylic acids is 1. The third-order valence-corrected chi connectivity index (χ3v) is 3.10. The van der Waals surface area contributed by atoms with Crippen molar-refractivity contribution in [2.75, 3.05) is 18.0 Å². The molecule has 0 amide bonds. The quantitative estimate of drug-likeness (QED) is 0.740. The molecule has 1 aromatic heterocycles. The molecule has 16 heavy (non-hydrogen) atoms. The number of aromatic nitrogens is 1. The summed E-state index contributed by atoms with van der Waals surface area (Å²) in [5.41, 5.74) is 1.17. The molecule has 0 bridgehead atoms. The van der Waals surface area contributed by atoms with Crippen molar-refractivity contribution < 1.29 is 9.90 Å². The second-order valence-electron chi connectivity index (χ2n) is 4.21. The van der Waals surface area contributed by atoms with Crippen molar-refractivity contribution in [1.82, 2.24) is 4.98 Å². The average molecular weight is 219 g/mol. The summed E-state index contributed by atoms with van der Waals surface area (Å²) in [5, 5.41) is 10.5. The molecule has 0 spiro atoms. The van der Waals surface area contributed by atoms with E-state index in [1.165, 1.54) is 5.69 Å². The van der Waals surface area contributed by atoms with Crippen LogP contribution in [0.15, 0.2) is 24.5 Å². The van der Waals surface area contributed by atoms with E-state index in [-0.39, 0.29) is 12.3 Å². The van der Waals surface area contributed by atoms with Crippen molar-refractivity contribution in [3.8, 4) is 0 Å². The molecule has 0 saturated carbocycles. The van der Waals surface area contributed by atoms with E-state index < -0.39 is 5.97 Å². The topological polar surface area (TPSA) is 56.3 Å². The first kappa shape index (κ1) is 10.9. The predicted molar refractivity (Wildman–Crippen MR) is 58.8 cm³/mol. The van der Waals surface area contributed by atoms with Crippen molar-refractivity contribution in [2.24, 2.45) is 5.92 Å². The van der Waals surface area contributed by atoms with Gasteiger partial charge in [0, 0.05) is 37.1 Å². The fraction of sp³-hybridized carbons (Fsp3) is 0.500. The van der Waals surface area contributed by atoms with Gasteiger partial charge in [0.2, 0.25) is 0 Å². The Morgan fingerprint density at radius 2 is 2.00 bits per heavy atom. The number of hydrogen-bond donors (Lipinski definition) is 0. The molecule has 2 rings (SSSR count). The number of carboxylic acids is 1. The maximum atomic E-state index is 10.5. The smallest absolute Gasteiger partial charge is 0.0417 e. The Hall–Kier alpha value is -1.58. The van der Waals surface area contributed by atoms with Gasteiger partial charge in [-0.15, -0.1) is 0 Å². The van der Waals surface area contributed by atoms with Crippen LogP contribution in [0, 0.1) is 5.92 Å². The Morgan fingerprint density at radius 3 is 2.56 bits per heavy atom. The fourth-order valence-corrected chi connectivity index (χ4v) is 2.19. The van der Waals surface area contributed by atoms with Gasteiger partial charge < -0.3 is 14.8 Å². The summed E-state index contributed by atoms with van der Waals surface area (Å²) < 4.78 is 0. The molecule has 0 N–H and O–H groups in total. The first-order chi connectivity index (χ1) is 7.75. The number of hydrogen-bond acceptors (Lipinski definition) is 4. The molecule has 0 unspecified atom stereocenters. The summed E-state index contributed by atoms with van der Waals surface area (Å²) in [6.07, 6.45) is 5.61. The molecular weight excluding hydrogens is 204 g/mol. The molecule has 1 aromatic rings. The lowest BCUT2D eigenvalue weighted by Gasteiger charge is -2.33. The van der Waals surface area contributed by atoms with Crippen LogP contribution in [-0.4, -0.2) is 24.0 Å². The highest BCUT2D eigenvalue weighted by molar-refractivity contribution is 5.64. The fourth-order valence-electron chi connectivity index (χ4n) is 2.19. The maximum Gasteiger partial charge on any atom is 0.0417 e. The van der Waals surface area contributed by atoms with E-state index in [0.29, 0.717) is 0 Å².